The molecule has 186 valence electrons. The van der Waals surface area contributed by atoms with E-state index in [9.17, 15) is 0 Å². The summed E-state index contributed by atoms with van der Waals surface area (Å²) in [6, 6.07) is 22.0. The smallest absolute Gasteiger partial charge is 0.252 e. The number of hydrogen-bond donors (Lipinski definition) is 0. The minimum absolute atomic E-state index is 0.106. The van der Waals surface area contributed by atoms with E-state index in [0.29, 0.717) is 25.4 Å². The minimum atomic E-state index is -0.572. The average molecular weight is 489 g/mol. The summed E-state index contributed by atoms with van der Waals surface area (Å²) in [4.78, 5) is 8.95. The van der Waals surface area contributed by atoms with Crippen molar-refractivity contribution < 1.29 is 23.7 Å². The maximum atomic E-state index is 6.57. The highest BCUT2D eigenvalue weighted by Crippen LogP contribution is 2.39. The monoisotopic (exact) mass is 488 g/mol. The molecule has 0 aliphatic carbocycles. The van der Waals surface area contributed by atoms with Gasteiger partial charge in [0.25, 0.3) is 5.78 Å². The van der Waals surface area contributed by atoms with Gasteiger partial charge in [-0.05, 0) is 18.1 Å². The Hall–Kier alpha value is -3.21. The van der Waals surface area contributed by atoms with E-state index in [0.717, 1.165) is 16.8 Å². The standard InChI is InChI=1S/C27H28N4O5/c1-32-26-24(33-15-18-8-4-2-5-9-18)21(14-20-12-13-31-27(30-20)28-17-29-31)23-22(35-26)16-34-25(36-23)19-10-6-3-7-11-19/h2-13,17,21-26H,14-16H2,1H3/t21-,22-,23+,24+,25-,26+/m1/s1. The molecule has 6 atom stereocenters. The lowest BCUT2D eigenvalue weighted by Crippen LogP contribution is -2.60. The van der Waals surface area contributed by atoms with Gasteiger partial charge in [-0.3, -0.25) is 0 Å². The zero-order chi connectivity index (χ0) is 24.3. The van der Waals surface area contributed by atoms with Crippen molar-refractivity contribution in [2.45, 2.75) is 43.9 Å². The molecule has 2 aliphatic heterocycles. The summed E-state index contributed by atoms with van der Waals surface area (Å²) >= 11 is 0. The van der Waals surface area contributed by atoms with Crippen LogP contribution in [0, 0.1) is 5.92 Å². The van der Waals surface area contributed by atoms with Crippen molar-refractivity contribution in [1.29, 1.82) is 0 Å². The van der Waals surface area contributed by atoms with Gasteiger partial charge in [-0.25, -0.2) is 9.50 Å². The molecule has 2 aliphatic rings. The maximum absolute atomic E-state index is 6.57. The van der Waals surface area contributed by atoms with E-state index in [1.807, 2.05) is 72.9 Å². The van der Waals surface area contributed by atoms with E-state index in [1.54, 1.807) is 11.6 Å². The molecule has 4 aromatic rings. The lowest BCUT2D eigenvalue weighted by molar-refractivity contribution is -0.355. The predicted octanol–water partition coefficient (Wildman–Crippen LogP) is 3.35. The SMILES string of the molecule is CO[C@H]1O[C@@H]2CO[C@@H](c3ccccc3)O[C@H]2[C@@H](Cc2ccn3ncnc3n2)[C@@H]1OCc1ccccc1. The van der Waals surface area contributed by atoms with Gasteiger partial charge in [-0.1, -0.05) is 60.7 Å². The molecule has 36 heavy (non-hydrogen) atoms. The van der Waals surface area contributed by atoms with Crippen LogP contribution < -0.4 is 0 Å². The summed E-state index contributed by atoms with van der Waals surface area (Å²) in [7, 11) is 1.64. The summed E-state index contributed by atoms with van der Waals surface area (Å²) in [6.45, 7) is 0.820. The molecule has 9 nitrogen and oxygen atoms in total. The molecular weight excluding hydrogens is 460 g/mol. The zero-order valence-corrected chi connectivity index (χ0v) is 19.9. The third-order valence-corrected chi connectivity index (χ3v) is 6.72. The molecule has 9 heteroatoms. The van der Waals surface area contributed by atoms with Crippen molar-refractivity contribution in [2.24, 2.45) is 5.92 Å². The average Bonchev–Trinajstić information content (AvgIpc) is 3.41. The summed E-state index contributed by atoms with van der Waals surface area (Å²) in [5, 5.41) is 4.16. The zero-order valence-electron chi connectivity index (χ0n) is 19.9. The van der Waals surface area contributed by atoms with Crippen LogP contribution in [0.5, 0.6) is 0 Å². The van der Waals surface area contributed by atoms with Gasteiger partial charge in [0, 0.05) is 30.5 Å². The largest absolute Gasteiger partial charge is 0.368 e. The van der Waals surface area contributed by atoms with Crippen LogP contribution in [0.2, 0.25) is 0 Å². The van der Waals surface area contributed by atoms with E-state index in [1.165, 1.54) is 6.33 Å². The highest BCUT2D eigenvalue weighted by Gasteiger charge is 2.50. The topological polar surface area (TPSA) is 89.2 Å². The fourth-order valence-corrected chi connectivity index (χ4v) is 4.96. The van der Waals surface area contributed by atoms with Gasteiger partial charge in [-0.2, -0.15) is 10.1 Å². The van der Waals surface area contributed by atoms with Crippen LogP contribution in [0.15, 0.2) is 79.3 Å². The van der Waals surface area contributed by atoms with E-state index >= 15 is 0 Å². The number of aromatic nitrogens is 4. The van der Waals surface area contributed by atoms with Crippen molar-refractivity contribution >= 4 is 5.78 Å². The Bertz CT molecular complexity index is 1260. The summed E-state index contributed by atoms with van der Waals surface area (Å²) in [5.74, 6) is 0.446. The number of fused-ring (bicyclic) bond motifs is 2. The molecule has 0 unspecified atom stereocenters. The van der Waals surface area contributed by atoms with Gasteiger partial charge in [0.1, 0.15) is 18.5 Å². The van der Waals surface area contributed by atoms with Gasteiger partial charge >= 0.3 is 0 Å². The first-order chi connectivity index (χ1) is 17.8. The molecule has 0 spiro atoms. The highest BCUT2D eigenvalue weighted by molar-refractivity contribution is 5.26. The molecule has 0 N–H and O–H groups in total. The van der Waals surface area contributed by atoms with Crippen LogP contribution in [0.3, 0.4) is 0 Å². The molecular formula is C27H28N4O5. The molecule has 2 aromatic carbocycles. The summed E-state index contributed by atoms with van der Waals surface area (Å²) < 4.78 is 32.8. The molecule has 2 aromatic heterocycles. The van der Waals surface area contributed by atoms with Crippen molar-refractivity contribution in [3.8, 4) is 0 Å². The quantitative estimate of drug-likeness (QED) is 0.391. The van der Waals surface area contributed by atoms with E-state index in [2.05, 4.69) is 10.1 Å². The normalized spacial score (nSPS) is 28.1. The number of benzene rings is 2. The van der Waals surface area contributed by atoms with Crippen LogP contribution in [-0.2, 0) is 36.7 Å². The summed E-state index contributed by atoms with van der Waals surface area (Å²) in [6.07, 6.45) is 1.93. The van der Waals surface area contributed by atoms with E-state index in [4.69, 9.17) is 28.7 Å². The van der Waals surface area contributed by atoms with Gasteiger partial charge in [-0.15, -0.1) is 0 Å². The van der Waals surface area contributed by atoms with Crippen molar-refractivity contribution in [3.05, 3.63) is 96.1 Å². The Morgan fingerprint density at radius 1 is 1.00 bits per heavy atom. The predicted molar refractivity (Wildman–Crippen MR) is 129 cm³/mol. The third kappa shape index (κ3) is 4.76. The van der Waals surface area contributed by atoms with Crippen LogP contribution >= 0.6 is 0 Å². The van der Waals surface area contributed by atoms with Gasteiger partial charge < -0.3 is 23.7 Å². The first-order valence-electron chi connectivity index (χ1n) is 12.1. The van der Waals surface area contributed by atoms with Crippen molar-refractivity contribution in [2.75, 3.05) is 13.7 Å². The number of methoxy groups -OCH3 is 1. The number of ether oxygens (including phenoxy) is 5. The Morgan fingerprint density at radius 3 is 2.61 bits per heavy atom. The molecule has 6 rings (SSSR count). The summed E-state index contributed by atoms with van der Waals surface area (Å²) in [5.41, 5.74) is 2.91. The van der Waals surface area contributed by atoms with Crippen LogP contribution in [-0.4, -0.2) is 57.9 Å². The van der Waals surface area contributed by atoms with Crippen LogP contribution in [0.25, 0.3) is 5.78 Å². The second-order valence-corrected chi connectivity index (χ2v) is 9.01. The lowest BCUT2D eigenvalue weighted by Gasteiger charge is -2.49. The molecule has 4 heterocycles. The first-order valence-corrected chi connectivity index (χ1v) is 12.1. The van der Waals surface area contributed by atoms with E-state index < -0.39 is 12.6 Å². The van der Waals surface area contributed by atoms with Gasteiger partial charge in [0.05, 0.1) is 19.3 Å². The molecule has 2 fully saturated rings. The second-order valence-electron chi connectivity index (χ2n) is 9.01. The second kappa shape index (κ2) is 10.4. The Morgan fingerprint density at radius 2 is 1.81 bits per heavy atom. The number of rotatable bonds is 7. The van der Waals surface area contributed by atoms with E-state index in [-0.39, 0.29) is 24.2 Å². The molecule has 2 saturated heterocycles. The third-order valence-electron chi connectivity index (χ3n) is 6.72. The molecule has 0 saturated carbocycles. The van der Waals surface area contributed by atoms with Crippen LogP contribution in [0.1, 0.15) is 23.1 Å². The highest BCUT2D eigenvalue weighted by atomic mass is 16.7. The molecule has 0 amide bonds. The number of nitrogens with zero attached hydrogens (tertiary/aromatic N) is 4. The minimum Gasteiger partial charge on any atom is -0.368 e. The van der Waals surface area contributed by atoms with Crippen molar-refractivity contribution in [1.82, 2.24) is 19.6 Å². The molecule has 0 radical (unpaired) electrons. The number of hydrogen-bond acceptors (Lipinski definition) is 8. The van der Waals surface area contributed by atoms with Crippen LogP contribution in [0.4, 0.5) is 0 Å². The Labute approximate surface area is 208 Å². The van der Waals surface area contributed by atoms with Crippen molar-refractivity contribution in [3.63, 3.8) is 0 Å². The fourth-order valence-electron chi connectivity index (χ4n) is 4.96. The lowest BCUT2D eigenvalue weighted by atomic mass is 9.84. The Balaban J connectivity index is 1.31. The first kappa shape index (κ1) is 23.2. The Kier molecular flexibility index (Phi) is 6.71. The van der Waals surface area contributed by atoms with Gasteiger partial charge in [0.15, 0.2) is 12.6 Å². The van der Waals surface area contributed by atoms with Gasteiger partial charge in [0.2, 0.25) is 0 Å². The maximum Gasteiger partial charge on any atom is 0.252 e. The fraction of sp³-hybridized carbons (Fsp3) is 0.370. The molecule has 0 bridgehead atoms.